The molecule has 1 saturated carbocycles. The Balaban J connectivity index is 1.58. The summed E-state index contributed by atoms with van der Waals surface area (Å²) in [5.41, 5.74) is 0.747. The second kappa shape index (κ2) is 4.06. The lowest BCUT2D eigenvalue weighted by Crippen LogP contribution is -2.28. The summed E-state index contributed by atoms with van der Waals surface area (Å²) in [5, 5.41) is 0. The lowest BCUT2D eigenvalue weighted by atomic mass is 10.0. The van der Waals surface area contributed by atoms with E-state index in [4.69, 9.17) is 0 Å². The van der Waals surface area contributed by atoms with Crippen LogP contribution >= 0.6 is 0 Å². The molecule has 1 saturated heterocycles. The van der Waals surface area contributed by atoms with Gasteiger partial charge in [0.2, 0.25) is 0 Å². The van der Waals surface area contributed by atoms with Crippen molar-refractivity contribution in [3.63, 3.8) is 0 Å². The third kappa shape index (κ3) is 1.80. The average molecular weight is 218 g/mol. The lowest BCUT2D eigenvalue weighted by molar-refractivity contribution is 0.0936. The van der Waals surface area contributed by atoms with Crippen LogP contribution < -0.4 is 0 Å². The van der Waals surface area contributed by atoms with Crippen molar-refractivity contribution in [3.8, 4) is 0 Å². The Kier molecular flexibility index (Phi) is 2.56. The van der Waals surface area contributed by atoms with Crippen LogP contribution in [0.1, 0.15) is 29.8 Å². The van der Waals surface area contributed by atoms with Crippen LogP contribution in [0.15, 0.2) is 18.3 Å². The Morgan fingerprint density at radius 2 is 2.12 bits per heavy atom. The molecular weight excluding hydrogens is 200 g/mol. The van der Waals surface area contributed by atoms with E-state index < -0.39 is 0 Å². The zero-order valence-electron chi connectivity index (χ0n) is 9.48. The van der Waals surface area contributed by atoms with Gasteiger partial charge in [-0.25, -0.2) is 0 Å². The van der Waals surface area contributed by atoms with Crippen molar-refractivity contribution in [2.24, 2.45) is 11.8 Å². The largest absolute Gasteiger partial charge is 0.359 e. The molecule has 2 unspecified atom stereocenters. The van der Waals surface area contributed by atoms with Crippen LogP contribution in [-0.4, -0.2) is 35.3 Å². The summed E-state index contributed by atoms with van der Waals surface area (Å²) < 4.78 is 0. The van der Waals surface area contributed by atoms with Gasteiger partial charge in [-0.1, -0.05) is 6.42 Å². The molecule has 1 aliphatic heterocycles. The predicted octanol–water partition coefficient (Wildman–Crippen LogP) is 1.93. The summed E-state index contributed by atoms with van der Waals surface area (Å²) in [4.78, 5) is 17.2. The molecule has 3 rings (SSSR count). The van der Waals surface area contributed by atoms with Crippen molar-refractivity contribution >= 4 is 5.78 Å². The van der Waals surface area contributed by atoms with E-state index in [-0.39, 0.29) is 5.78 Å². The smallest absolute Gasteiger partial charge is 0.192 e. The van der Waals surface area contributed by atoms with Crippen LogP contribution in [0.25, 0.3) is 0 Å². The minimum Gasteiger partial charge on any atom is -0.359 e. The van der Waals surface area contributed by atoms with E-state index in [1.165, 1.54) is 19.3 Å². The van der Waals surface area contributed by atoms with Crippen molar-refractivity contribution in [1.29, 1.82) is 0 Å². The Bertz CT molecular complexity index is 359. The summed E-state index contributed by atoms with van der Waals surface area (Å²) in [6.45, 7) is 2.86. The number of aromatic amines is 1. The summed E-state index contributed by atoms with van der Waals surface area (Å²) in [5.74, 6) is 1.97. The lowest BCUT2D eigenvalue weighted by Gasteiger charge is -2.14. The number of ketones is 1. The van der Waals surface area contributed by atoms with Gasteiger partial charge in [0.05, 0.1) is 12.2 Å². The van der Waals surface area contributed by atoms with Gasteiger partial charge in [0, 0.05) is 19.3 Å². The zero-order chi connectivity index (χ0) is 11.0. The molecule has 0 spiro atoms. The predicted molar refractivity (Wildman–Crippen MR) is 62.4 cm³/mol. The first kappa shape index (κ1) is 10.1. The molecule has 1 N–H and O–H groups in total. The SMILES string of the molecule is O=C(CN1CC2CCCC2C1)c1ccc[nH]1. The minimum absolute atomic E-state index is 0.227. The number of H-pyrrole nitrogens is 1. The van der Waals surface area contributed by atoms with E-state index in [9.17, 15) is 4.79 Å². The Morgan fingerprint density at radius 1 is 1.38 bits per heavy atom. The molecule has 3 nitrogen and oxygen atoms in total. The molecule has 86 valence electrons. The monoisotopic (exact) mass is 218 g/mol. The van der Waals surface area contributed by atoms with Crippen molar-refractivity contribution in [1.82, 2.24) is 9.88 Å². The van der Waals surface area contributed by atoms with Gasteiger partial charge >= 0.3 is 0 Å². The first-order chi connectivity index (χ1) is 7.83. The van der Waals surface area contributed by atoms with E-state index in [1.54, 1.807) is 0 Å². The topological polar surface area (TPSA) is 36.1 Å². The van der Waals surface area contributed by atoms with Gasteiger partial charge < -0.3 is 4.98 Å². The van der Waals surface area contributed by atoms with Gasteiger partial charge in [-0.2, -0.15) is 0 Å². The first-order valence-electron chi connectivity index (χ1n) is 6.22. The second-order valence-electron chi connectivity index (χ2n) is 5.15. The maximum Gasteiger partial charge on any atom is 0.192 e. The van der Waals surface area contributed by atoms with Crippen molar-refractivity contribution < 1.29 is 4.79 Å². The van der Waals surface area contributed by atoms with Crippen LogP contribution in [0.4, 0.5) is 0 Å². The fraction of sp³-hybridized carbons (Fsp3) is 0.615. The molecule has 2 heterocycles. The highest BCUT2D eigenvalue weighted by Crippen LogP contribution is 2.37. The number of likely N-dealkylation sites (tertiary alicyclic amines) is 1. The van der Waals surface area contributed by atoms with Gasteiger partial charge in [-0.15, -0.1) is 0 Å². The van der Waals surface area contributed by atoms with Gasteiger partial charge in [-0.3, -0.25) is 9.69 Å². The molecule has 0 bridgehead atoms. The zero-order valence-corrected chi connectivity index (χ0v) is 9.48. The maximum absolute atomic E-state index is 11.9. The maximum atomic E-state index is 11.9. The van der Waals surface area contributed by atoms with E-state index in [2.05, 4.69) is 9.88 Å². The highest BCUT2D eigenvalue weighted by atomic mass is 16.1. The molecule has 2 fully saturated rings. The first-order valence-corrected chi connectivity index (χ1v) is 6.22. The number of Topliss-reactive ketones (excluding diaryl/α,β-unsaturated/α-hetero) is 1. The number of hydrogen-bond acceptors (Lipinski definition) is 2. The number of carbonyl (C=O) groups is 1. The molecular formula is C13H18N2O. The van der Waals surface area contributed by atoms with Gasteiger partial charge in [0.1, 0.15) is 0 Å². The summed E-state index contributed by atoms with van der Waals surface area (Å²) in [6.07, 6.45) is 5.95. The number of carbonyl (C=O) groups excluding carboxylic acids is 1. The molecule has 1 aromatic rings. The molecule has 2 atom stereocenters. The Hall–Kier alpha value is -1.09. The quantitative estimate of drug-likeness (QED) is 0.787. The fourth-order valence-corrected chi connectivity index (χ4v) is 3.25. The van der Waals surface area contributed by atoms with Crippen molar-refractivity contribution in [3.05, 3.63) is 24.0 Å². The van der Waals surface area contributed by atoms with Crippen molar-refractivity contribution in [2.75, 3.05) is 19.6 Å². The second-order valence-corrected chi connectivity index (χ2v) is 5.15. The van der Waals surface area contributed by atoms with Crippen molar-refractivity contribution in [2.45, 2.75) is 19.3 Å². The summed E-state index contributed by atoms with van der Waals surface area (Å²) in [7, 11) is 0. The van der Waals surface area contributed by atoms with E-state index in [0.717, 1.165) is 30.6 Å². The number of nitrogens with zero attached hydrogens (tertiary/aromatic N) is 1. The number of aromatic nitrogens is 1. The van der Waals surface area contributed by atoms with E-state index >= 15 is 0 Å². The summed E-state index contributed by atoms with van der Waals surface area (Å²) >= 11 is 0. The van der Waals surface area contributed by atoms with Crippen LogP contribution in [0, 0.1) is 11.8 Å². The van der Waals surface area contributed by atoms with Crippen LogP contribution in [-0.2, 0) is 0 Å². The normalized spacial score (nSPS) is 29.5. The van der Waals surface area contributed by atoms with Crippen LogP contribution in [0.3, 0.4) is 0 Å². The minimum atomic E-state index is 0.227. The highest BCUT2D eigenvalue weighted by molar-refractivity contribution is 5.95. The van der Waals surface area contributed by atoms with E-state index in [1.807, 2.05) is 18.3 Å². The molecule has 2 aliphatic rings. The standard InChI is InChI=1S/C13H18N2O/c16-13(12-5-2-6-14-12)9-15-7-10-3-1-4-11(10)8-15/h2,5-6,10-11,14H,1,3-4,7-9H2. The third-order valence-corrected chi connectivity index (χ3v) is 4.07. The fourth-order valence-electron chi connectivity index (χ4n) is 3.25. The molecule has 1 aliphatic carbocycles. The molecule has 0 radical (unpaired) electrons. The van der Waals surface area contributed by atoms with Crippen LogP contribution in [0.5, 0.6) is 0 Å². The molecule has 1 aromatic heterocycles. The summed E-state index contributed by atoms with van der Waals surface area (Å²) in [6, 6.07) is 3.74. The molecule has 3 heteroatoms. The molecule has 0 amide bonds. The number of hydrogen-bond donors (Lipinski definition) is 1. The number of fused-ring (bicyclic) bond motifs is 1. The number of nitrogens with one attached hydrogen (secondary N) is 1. The van der Waals surface area contributed by atoms with Gasteiger partial charge in [-0.05, 0) is 36.8 Å². The third-order valence-electron chi connectivity index (χ3n) is 4.07. The van der Waals surface area contributed by atoms with Gasteiger partial charge in [0.25, 0.3) is 0 Å². The molecule has 16 heavy (non-hydrogen) atoms. The Labute approximate surface area is 95.8 Å². The average Bonchev–Trinajstić information content (AvgIpc) is 2.91. The highest BCUT2D eigenvalue weighted by Gasteiger charge is 2.36. The molecule has 0 aromatic carbocycles. The number of rotatable bonds is 3. The van der Waals surface area contributed by atoms with E-state index in [0.29, 0.717) is 6.54 Å². The van der Waals surface area contributed by atoms with Crippen LogP contribution in [0.2, 0.25) is 0 Å². The van der Waals surface area contributed by atoms with Gasteiger partial charge in [0.15, 0.2) is 5.78 Å². The Morgan fingerprint density at radius 3 is 2.75 bits per heavy atom.